The number of carboxylic acid groups (broad SMARTS) is 3. The molecule has 14 nitrogen and oxygen atoms in total. The molecule has 1 aromatic heterocycles. The Kier molecular flexibility index (Phi) is 9.98. The van der Waals surface area contributed by atoms with Crippen LogP contribution in [0.2, 0.25) is 0 Å². The molecule has 0 saturated carbocycles. The molecule has 2 heterocycles. The molecule has 39 heavy (non-hydrogen) atoms. The zero-order valence-electron chi connectivity index (χ0n) is 20.9. The topological polar surface area (TPSA) is 227 Å². The van der Waals surface area contributed by atoms with Crippen LogP contribution in [0.4, 0.5) is 0 Å². The van der Waals surface area contributed by atoms with Gasteiger partial charge >= 0.3 is 17.9 Å². The Bertz CT molecular complexity index is 1240. The number of benzene rings is 1. The maximum absolute atomic E-state index is 13.1. The van der Waals surface area contributed by atoms with E-state index in [4.69, 9.17) is 5.11 Å². The van der Waals surface area contributed by atoms with Crippen LogP contribution in [0.1, 0.15) is 37.7 Å². The third-order valence-corrected chi connectivity index (χ3v) is 6.38. The molecule has 3 rings (SSSR count). The highest BCUT2D eigenvalue weighted by molar-refractivity contribution is 5.96. The molecule has 1 fully saturated rings. The number of nitrogens with one attached hydrogen (secondary N) is 5. The Labute approximate surface area is 222 Å². The van der Waals surface area contributed by atoms with E-state index in [0.29, 0.717) is 18.5 Å². The van der Waals surface area contributed by atoms with Gasteiger partial charge in [0.25, 0.3) is 0 Å². The zero-order valence-corrected chi connectivity index (χ0v) is 20.9. The normalized spacial score (nSPS) is 17.1. The fourth-order valence-electron chi connectivity index (χ4n) is 4.37. The Morgan fingerprint density at radius 1 is 0.897 bits per heavy atom. The minimum absolute atomic E-state index is 0.100. The van der Waals surface area contributed by atoms with Crippen molar-refractivity contribution in [2.45, 2.75) is 62.7 Å². The number of hydrogen-bond donors (Lipinski definition) is 8. The van der Waals surface area contributed by atoms with Crippen molar-refractivity contribution in [1.29, 1.82) is 0 Å². The van der Waals surface area contributed by atoms with Crippen molar-refractivity contribution in [1.82, 2.24) is 26.3 Å². The number of carbonyl (C=O) groups is 6. The second-order valence-corrected chi connectivity index (χ2v) is 9.26. The van der Waals surface area contributed by atoms with Crippen LogP contribution in [0, 0.1) is 0 Å². The quantitative estimate of drug-likeness (QED) is 0.149. The van der Waals surface area contributed by atoms with Crippen LogP contribution in [-0.2, 0) is 35.2 Å². The fourth-order valence-corrected chi connectivity index (χ4v) is 4.37. The number of aromatic nitrogens is 1. The Balaban J connectivity index is 1.73. The molecule has 4 unspecified atom stereocenters. The molecule has 0 radical (unpaired) electrons. The number of H-pyrrole nitrogens is 1. The van der Waals surface area contributed by atoms with E-state index in [2.05, 4.69) is 26.3 Å². The summed E-state index contributed by atoms with van der Waals surface area (Å²) in [5.41, 5.74) is 1.39. The average Bonchev–Trinajstić information content (AvgIpc) is 3.56. The predicted octanol–water partition coefficient (Wildman–Crippen LogP) is -0.659. The van der Waals surface area contributed by atoms with Crippen molar-refractivity contribution in [3.63, 3.8) is 0 Å². The van der Waals surface area contributed by atoms with Crippen LogP contribution in [0.3, 0.4) is 0 Å². The number of para-hydroxylation sites is 1. The predicted molar refractivity (Wildman–Crippen MR) is 136 cm³/mol. The lowest BCUT2D eigenvalue weighted by Crippen LogP contribution is -2.57. The highest BCUT2D eigenvalue weighted by atomic mass is 16.4. The van der Waals surface area contributed by atoms with Crippen molar-refractivity contribution in [2.75, 3.05) is 6.54 Å². The highest BCUT2D eigenvalue weighted by Crippen LogP contribution is 2.19. The summed E-state index contributed by atoms with van der Waals surface area (Å²) in [6.45, 7) is 0.592. The molecule has 210 valence electrons. The summed E-state index contributed by atoms with van der Waals surface area (Å²) in [6.07, 6.45) is 1.03. The third-order valence-electron chi connectivity index (χ3n) is 6.38. The van der Waals surface area contributed by atoms with Crippen LogP contribution >= 0.6 is 0 Å². The average molecular weight is 546 g/mol. The van der Waals surface area contributed by atoms with Crippen LogP contribution in [0.25, 0.3) is 10.9 Å². The molecule has 1 aliphatic rings. The van der Waals surface area contributed by atoms with E-state index in [9.17, 15) is 39.0 Å². The monoisotopic (exact) mass is 545 g/mol. The van der Waals surface area contributed by atoms with Gasteiger partial charge in [-0.3, -0.25) is 24.0 Å². The van der Waals surface area contributed by atoms with Crippen LogP contribution < -0.4 is 21.3 Å². The largest absolute Gasteiger partial charge is 0.481 e. The lowest BCUT2D eigenvalue weighted by Gasteiger charge is -2.24. The first-order valence-electron chi connectivity index (χ1n) is 12.4. The van der Waals surface area contributed by atoms with Gasteiger partial charge in [-0.1, -0.05) is 18.2 Å². The van der Waals surface area contributed by atoms with Crippen LogP contribution in [0.15, 0.2) is 30.5 Å². The van der Waals surface area contributed by atoms with Crippen molar-refractivity contribution in [3.8, 4) is 0 Å². The Hall–Kier alpha value is -4.46. The number of fused-ring (bicyclic) bond motifs is 1. The number of hydrogen-bond acceptors (Lipinski definition) is 7. The molecule has 2 aromatic rings. The van der Waals surface area contributed by atoms with Gasteiger partial charge in [0.2, 0.25) is 17.7 Å². The summed E-state index contributed by atoms with van der Waals surface area (Å²) in [4.78, 5) is 76.0. The van der Waals surface area contributed by atoms with Crippen molar-refractivity contribution >= 4 is 46.5 Å². The van der Waals surface area contributed by atoms with E-state index in [1.54, 1.807) is 30.5 Å². The van der Waals surface area contributed by atoms with E-state index < -0.39 is 79.1 Å². The van der Waals surface area contributed by atoms with Gasteiger partial charge < -0.3 is 41.6 Å². The minimum Gasteiger partial charge on any atom is -0.481 e. The van der Waals surface area contributed by atoms with E-state index in [-0.39, 0.29) is 6.42 Å². The Morgan fingerprint density at radius 2 is 1.59 bits per heavy atom. The van der Waals surface area contributed by atoms with Gasteiger partial charge in [0, 0.05) is 29.9 Å². The number of rotatable bonds is 14. The van der Waals surface area contributed by atoms with Gasteiger partial charge in [-0.05, 0) is 37.4 Å². The number of aliphatic carboxylic acids is 3. The highest BCUT2D eigenvalue weighted by Gasteiger charge is 2.33. The Morgan fingerprint density at radius 3 is 2.23 bits per heavy atom. The zero-order chi connectivity index (χ0) is 28.5. The molecule has 0 aliphatic carbocycles. The molecule has 1 aliphatic heterocycles. The van der Waals surface area contributed by atoms with Gasteiger partial charge in [0.05, 0.1) is 12.5 Å². The van der Waals surface area contributed by atoms with Crippen molar-refractivity contribution < 1.29 is 44.1 Å². The summed E-state index contributed by atoms with van der Waals surface area (Å²) < 4.78 is 0. The number of carboxylic acids is 3. The molecule has 8 N–H and O–H groups in total. The van der Waals surface area contributed by atoms with Crippen LogP contribution in [0.5, 0.6) is 0 Å². The SMILES string of the molecule is O=C(O)CCC(NC(=O)C(CC(=O)O)NC(=O)C1CCCN1)C(=O)NC(Cc1c[nH]c2ccccc12)C(=O)O. The minimum atomic E-state index is -1.54. The summed E-state index contributed by atoms with van der Waals surface area (Å²) >= 11 is 0. The molecular weight excluding hydrogens is 514 g/mol. The molecular formula is C25H31N5O9. The maximum atomic E-state index is 13.1. The summed E-state index contributed by atoms with van der Waals surface area (Å²) in [7, 11) is 0. The molecule has 0 spiro atoms. The number of carbonyl (C=O) groups excluding carboxylic acids is 3. The second-order valence-electron chi connectivity index (χ2n) is 9.26. The van der Waals surface area contributed by atoms with E-state index in [0.717, 1.165) is 17.3 Å². The van der Waals surface area contributed by atoms with E-state index in [1.807, 2.05) is 0 Å². The van der Waals surface area contributed by atoms with Gasteiger partial charge in [-0.15, -0.1) is 0 Å². The van der Waals surface area contributed by atoms with Gasteiger partial charge in [-0.2, -0.15) is 0 Å². The van der Waals surface area contributed by atoms with E-state index >= 15 is 0 Å². The first kappa shape index (κ1) is 29.1. The molecule has 4 atom stereocenters. The lowest BCUT2D eigenvalue weighted by atomic mass is 10.0. The molecule has 14 heteroatoms. The summed E-state index contributed by atoms with van der Waals surface area (Å²) in [5, 5.41) is 38.8. The standard InChI is InChI=1S/C25H31N5O9/c31-20(32)8-7-17(28-24(37)18(11-21(33)34)29-22(35)16-6-3-9-26-16)23(36)30-19(25(38)39)10-13-12-27-15-5-2-1-4-14(13)15/h1-2,4-5,12,16-19,26-27H,3,6-11H2,(H,28,37)(H,29,35)(H,30,36)(H,31,32)(H,33,34)(H,38,39). The van der Waals surface area contributed by atoms with Crippen molar-refractivity contribution in [2.24, 2.45) is 0 Å². The first-order chi connectivity index (χ1) is 18.5. The lowest BCUT2D eigenvalue weighted by molar-refractivity contribution is -0.143. The van der Waals surface area contributed by atoms with Crippen LogP contribution in [-0.4, -0.2) is 86.6 Å². The maximum Gasteiger partial charge on any atom is 0.326 e. The molecule has 3 amide bonds. The number of aromatic amines is 1. The smallest absolute Gasteiger partial charge is 0.326 e. The number of amides is 3. The van der Waals surface area contributed by atoms with Gasteiger partial charge in [0.1, 0.15) is 18.1 Å². The van der Waals surface area contributed by atoms with Crippen molar-refractivity contribution in [3.05, 3.63) is 36.0 Å². The van der Waals surface area contributed by atoms with Gasteiger partial charge in [-0.25, -0.2) is 4.79 Å². The second kappa shape index (κ2) is 13.4. The first-order valence-corrected chi connectivity index (χ1v) is 12.4. The molecule has 0 bridgehead atoms. The summed E-state index contributed by atoms with van der Waals surface area (Å²) in [5.74, 6) is -6.56. The summed E-state index contributed by atoms with van der Waals surface area (Å²) in [6, 6.07) is 2.12. The van der Waals surface area contributed by atoms with E-state index in [1.165, 1.54) is 0 Å². The third kappa shape index (κ3) is 8.26. The fraction of sp³-hybridized carbons (Fsp3) is 0.440. The molecule has 1 aromatic carbocycles. The van der Waals surface area contributed by atoms with Gasteiger partial charge in [0.15, 0.2) is 0 Å². The molecule has 1 saturated heterocycles.